The van der Waals surface area contributed by atoms with E-state index in [0.717, 1.165) is 12.1 Å². The number of thioether (sulfide) groups is 1. The third-order valence-electron chi connectivity index (χ3n) is 3.88. The summed E-state index contributed by atoms with van der Waals surface area (Å²) in [5, 5.41) is 2.85. The van der Waals surface area contributed by atoms with Crippen LogP contribution in [0, 0.1) is 24.4 Å². The van der Waals surface area contributed by atoms with Gasteiger partial charge in [-0.1, -0.05) is 17.8 Å². The quantitative estimate of drug-likeness (QED) is 0.372. The van der Waals surface area contributed by atoms with Crippen LogP contribution < -0.4 is 5.32 Å². The maximum atomic E-state index is 14.0. The second-order valence-electron chi connectivity index (χ2n) is 5.62. The lowest BCUT2D eigenvalue weighted by Gasteiger charge is -2.15. The monoisotopic (exact) mass is 389 g/mol. The van der Waals surface area contributed by atoms with Gasteiger partial charge in [0, 0.05) is 5.56 Å². The van der Waals surface area contributed by atoms with Crippen molar-refractivity contribution in [3.63, 3.8) is 0 Å². The average Bonchev–Trinajstić information content (AvgIpc) is 2.64. The van der Waals surface area contributed by atoms with Crippen LogP contribution in [0.15, 0.2) is 41.6 Å². The first-order valence-electron chi connectivity index (χ1n) is 7.83. The number of halogens is 3. The first-order valence-corrected chi connectivity index (χ1v) is 9.05. The molecule has 0 saturated carbocycles. The molecule has 0 aliphatic rings. The molecule has 3 rings (SSSR count). The Morgan fingerprint density at radius 2 is 1.78 bits per heavy atom. The normalized spacial score (nSPS) is 10.7. The number of nitrogens with one attached hydrogen (secondary N) is 1. The summed E-state index contributed by atoms with van der Waals surface area (Å²) in [4.78, 5) is 20.3. The molecule has 8 heteroatoms. The fraction of sp³-hybridized carbons (Fsp3) is 0.105. The minimum Gasteiger partial charge on any atom is -0.335 e. The molecule has 0 aliphatic heterocycles. The van der Waals surface area contributed by atoms with Gasteiger partial charge in [-0.25, -0.2) is 23.1 Å². The largest absolute Gasteiger partial charge is 0.335 e. The summed E-state index contributed by atoms with van der Waals surface area (Å²) in [5.41, 5.74) is 0.930. The smallest absolute Gasteiger partial charge is 0.189 e. The third kappa shape index (κ3) is 3.80. The van der Waals surface area contributed by atoms with Gasteiger partial charge in [-0.2, -0.15) is 0 Å². The van der Waals surface area contributed by atoms with E-state index in [1.165, 1.54) is 36.0 Å². The lowest BCUT2D eigenvalue weighted by Crippen LogP contribution is -2.07. The van der Waals surface area contributed by atoms with Gasteiger partial charge in [0.05, 0.1) is 11.3 Å². The summed E-state index contributed by atoms with van der Waals surface area (Å²) >= 11 is 1.20. The molecule has 1 N–H and O–H groups in total. The van der Waals surface area contributed by atoms with Crippen LogP contribution in [-0.2, 0) is 0 Å². The lowest BCUT2D eigenvalue weighted by molar-refractivity contribution is 0.112. The van der Waals surface area contributed by atoms with Crippen molar-refractivity contribution < 1.29 is 18.0 Å². The first-order chi connectivity index (χ1) is 12.9. The Bertz CT molecular complexity index is 1010. The maximum absolute atomic E-state index is 14.0. The van der Waals surface area contributed by atoms with E-state index in [2.05, 4.69) is 15.3 Å². The molecule has 0 radical (unpaired) electrons. The van der Waals surface area contributed by atoms with Crippen molar-refractivity contribution in [2.24, 2.45) is 0 Å². The van der Waals surface area contributed by atoms with Crippen LogP contribution in [-0.4, -0.2) is 22.5 Å². The Kier molecular flexibility index (Phi) is 5.46. The van der Waals surface area contributed by atoms with Crippen molar-refractivity contribution in [2.45, 2.75) is 12.1 Å². The number of aldehydes is 1. The van der Waals surface area contributed by atoms with E-state index < -0.39 is 23.1 Å². The predicted octanol–water partition coefficient (Wildman–Crippen LogP) is 5.15. The maximum Gasteiger partial charge on any atom is 0.189 e. The van der Waals surface area contributed by atoms with Crippen LogP contribution >= 0.6 is 11.8 Å². The number of aryl methyl sites for hydroxylation is 1. The van der Waals surface area contributed by atoms with Gasteiger partial charge in [0.25, 0.3) is 0 Å². The second-order valence-corrected chi connectivity index (χ2v) is 6.39. The molecule has 0 spiro atoms. The highest BCUT2D eigenvalue weighted by Crippen LogP contribution is 2.32. The number of aromatic nitrogens is 2. The van der Waals surface area contributed by atoms with Gasteiger partial charge in [0.15, 0.2) is 11.4 Å². The molecular weight excluding hydrogens is 375 g/mol. The van der Waals surface area contributed by atoms with Gasteiger partial charge in [-0.15, -0.1) is 0 Å². The Hall–Kier alpha value is -2.87. The van der Waals surface area contributed by atoms with Crippen LogP contribution in [0.5, 0.6) is 0 Å². The molecule has 1 aromatic heterocycles. The summed E-state index contributed by atoms with van der Waals surface area (Å²) in [5.74, 6) is -2.10. The van der Waals surface area contributed by atoms with Gasteiger partial charge < -0.3 is 5.32 Å². The van der Waals surface area contributed by atoms with E-state index in [-0.39, 0.29) is 17.1 Å². The molecular formula is C19H14F3N3OS. The highest BCUT2D eigenvalue weighted by molar-refractivity contribution is 7.98. The number of benzene rings is 2. The second kappa shape index (κ2) is 7.79. The number of anilines is 2. The van der Waals surface area contributed by atoms with E-state index in [0.29, 0.717) is 22.6 Å². The molecule has 1 heterocycles. The topological polar surface area (TPSA) is 54.9 Å². The molecule has 0 amide bonds. The number of hydrogen-bond acceptors (Lipinski definition) is 5. The zero-order chi connectivity index (χ0) is 19.6. The number of nitrogens with zero attached hydrogens (tertiary/aromatic N) is 2. The van der Waals surface area contributed by atoms with Gasteiger partial charge in [0.1, 0.15) is 29.0 Å². The van der Waals surface area contributed by atoms with E-state index in [1.54, 1.807) is 13.2 Å². The van der Waals surface area contributed by atoms with Crippen LogP contribution in [0.2, 0.25) is 0 Å². The number of para-hydroxylation sites is 1. The van der Waals surface area contributed by atoms with E-state index >= 15 is 0 Å². The van der Waals surface area contributed by atoms with Gasteiger partial charge in [-0.05, 0) is 49.1 Å². The highest BCUT2D eigenvalue weighted by atomic mass is 32.2. The minimum atomic E-state index is -0.823. The van der Waals surface area contributed by atoms with Crippen molar-refractivity contribution >= 4 is 29.6 Å². The van der Waals surface area contributed by atoms with E-state index in [9.17, 15) is 18.0 Å². The van der Waals surface area contributed by atoms with Crippen LogP contribution in [0.3, 0.4) is 0 Å². The molecule has 0 saturated heterocycles. The molecule has 4 nitrogen and oxygen atoms in total. The molecule has 0 aliphatic carbocycles. The number of carbonyl (C=O) groups is 1. The standard InChI is InChI=1S/C19H14F3N3OS/c1-10-8-11(20)6-7-12(10)16-13(9-26)18(25-19(24-16)27-2)23-17-14(21)4-3-5-15(17)22/h3-9H,1-2H3,(H,23,24,25). The Morgan fingerprint density at radius 1 is 1.07 bits per heavy atom. The average molecular weight is 389 g/mol. The van der Waals surface area contributed by atoms with Crippen LogP contribution in [0.1, 0.15) is 15.9 Å². The number of rotatable bonds is 5. The van der Waals surface area contributed by atoms with Gasteiger partial charge >= 0.3 is 0 Å². The fourth-order valence-electron chi connectivity index (χ4n) is 2.58. The fourth-order valence-corrected chi connectivity index (χ4v) is 2.95. The van der Waals surface area contributed by atoms with Crippen molar-refractivity contribution in [1.29, 1.82) is 0 Å². The Labute approximate surface area is 157 Å². The molecule has 0 bridgehead atoms. The third-order valence-corrected chi connectivity index (χ3v) is 4.42. The minimum absolute atomic E-state index is 0.0187. The van der Waals surface area contributed by atoms with Crippen LogP contribution in [0.4, 0.5) is 24.7 Å². The number of carbonyl (C=O) groups excluding carboxylic acids is 1. The van der Waals surface area contributed by atoms with Crippen molar-refractivity contribution in [1.82, 2.24) is 9.97 Å². The summed E-state index contributed by atoms with van der Waals surface area (Å²) in [7, 11) is 0. The summed E-state index contributed by atoms with van der Waals surface area (Å²) < 4.78 is 41.5. The number of hydrogen-bond donors (Lipinski definition) is 1. The molecule has 0 atom stereocenters. The van der Waals surface area contributed by atoms with E-state index in [1.807, 2.05) is 0 Å². The molecule has 2 aromatic carbocycles. The van der Waals surface area contributed by atoms with E-state index in [4.69, 9.17) is 0 Å². The zero-order valence-electron chi connectivity index (χ0n) is 14.4. The molecule has 0 unspecified atom stereocenters. The van der Waals surface area contributed by atoms with Crippen LogP contribution in [0.25, 0.3) is 11.3 Å². The summed E-state index contributed by atoms with van der Waals surface area (Å²) in [6.45, 7) is 1.68. The molecule has 27 heavy (non-hydrogen) atoms. The molecule has 3 aromatic rings. The molecule has 138 valence electrons. The zero-order valence-corrected chi connectivity index (χ0v) is 15.2. The lowest BCUT2D eigenvalue weighted by atomic mass is 10.0. The van der Waals surface area contributed by atoms with Crippen molar-refractivity contribution in [2.75, 3.05) is 11.6 Å². The van der Waals surface area contributed by atoms with Crippen molar-refractivity contribution in [3.8, 4) is 11.3 Å². The Morgan fingerprint density at radius 3 is 2.37 bits per heavy atom. The predicted molar refractivity (Wildman–Crippen MR) is 99.0 cm³/mol. The van der Waals surface area contributed by atoms with Gasteiger partial charge in [-0.3, -0.25) is 4.79 Å². The molecule has 0 fully saturated rings. The summed E-state index contributed by atoms with van der Waals surface area (Å²) in [6.07, 6.45) is 2.23. The highest BCUT2D eigenvalue weighted by Gasteiger charge is 2.19. The SMILES string of the molecule is CSc1nc(Nc2c(F)cccc2F)c(C=O)c(-c2ccc(F)cc2C)n1. The van der Waals surface area contributed by atoms with Gasteiger partial charge in [0.2, 0.25) is 0 Å². The first kappa shape index (κ1) is 18.9. The van der Waals surface area contributed by atoms with Crippen molar-refractivity contribution in [3.05, 3.63) is 65.0 Å². The summed E-state index contributed by atoms with van der Waals surface area (Å²) in [6, 6.07) is 7.48. The Balaban J connectivity index is 2.21.